The van der Waals surface area contributed by atoms with Crippen LogP contribution in [0.5, 0.6) is 0 Å². The van der Waals surface area contributed by atoms with Crippen LogP contribution < -0.4 is 0 Å². The zero-order valence-corrected chi connectivity index (χ0v) is 5.92. The molecule has 2 atom stereocenters. The molecule has 10 heavy (non-hydrogen) atoms. The first-order valence-electron chi connectivity index (χ1n) is 3.50. The van der Waals surface area contributed by atoms with Crippen molar-refractivity contribution in [3.8, 4) is 0 Å². The Hall–Kier alpha value is -0.570. The van der Waals surface area contributed by atoms with Crippen molar-refractivity contribution in [2.45, 2.75) is 18.9 Å². The first-order chi connectivity index (χ1) is 4.71. The van der Waals surface area contributed by atoms with Crippen LogP contribution in [0.25, 0.3) is 0 Å². The molecule has 0 saturated carbocycles. The fraction of sp³-hybridized carbons (Fsp3) is 0.857. The van der Waals surface area contributed by atoms with E-state index in [1.807, 2.05) is 6.92 Å². The molecule has 3 nitrogen and oxygen atoms in total. The van der Waals surface area contributed by atoms with Crippen molar-refractivity contribution in [1.29, 1.82) is 0 Å². The summed E-state index contributed by atoms with van der Waals surface area (Å²) >= 11 is 0. The first-order valence-corrected chi connectivity index (χ1v) is 3.50. The van der Waals surface area contributed by atoms with Gasteiger partial charge in [0.15, 0.2) is 0 Å². The molecular weight excluding hydrogens is 132 g/mol. The highest BCUT2D eigenvalue weighted by molar-refractivity contribution is 5.73. The zero-order chi connectivity index (χ0) is 7.19. The quantitative estimate of drug-likeness (QED) is 0.457. The van der Waals surface area contributed by atoms with Crippen LogP contribution in [0.1, 0.15) is 13.3 Å². The standard InChI is InChI=1S/C7H10O3/c1-7-4-9-3-5(7)2-6(8)10-7/h5H,2-4H2,1H3/t5-,7+/m1/s1. The van der Waals surface area contributed by atoms with Gasteiger partial charge in [-0.05, 0) is 6.92 Å². The number of fused-ring (bicyclic) bond motifs is 1. The maximum atomic E-state index is 10.8. The Labute approximate surface area is 59.3 Å². The molecule has 0 N–H and O–H groups in total. The predicted octanol–water partition coefficient (Wildman–Crippen LogP) is 0.338. The third-order valence-electron chi connectivity index (χ3n) is 2.33. The summed E-state index contributed by atoms with van der Waals surface area (Å²) in [5.74, 6) is 0.232. The van der Waals surface area contributed by atoms with Gasteiger partial charge >= 0.3 is 5.97 Å². The van der Waals surface area contributed by atoms with Crippen molar-refractivity contribution < 1.29 is 14.3 Å². The van der Waals surface area contributed by atoms with E-state index < -0.39 is 0 Å². The number of hydrogen-bond donors (Lipinski definition) is 0. The van der Waals surface area contributed by atoms with E-state index in [1.165, 1.54) is 0 Å². The van der Waals surface area contributed by atoms with Gasteiger partial charge in [-0.1, -0.05) is 0 Å². The normalized spacial score (nSPS) is 45.3. The van der Waals surface area contributed by atoms with Gasteiger partial charge < -0.3 is 9.47 Å². The lowest BCUT2D eigenvalue weighted by Gasteiger charge is -2.18. The molecule has 2 aliphatic heterocycles. The van der Waals surface area contributed by atoms with Gasteiger partial charge in [0.05, 0.1) is 19.6 Å². The van der Waals surface area contributed by atoms with Gasteiger partial charge in [0.25, 0.3) is 0 Å². The van der Waals surface area contributed by atoms with Gasteiger partial charge in [0.1, 0.15) is 5.60 Å². The minimum absolute atomic E-state index is 0.0733. The van der Waals surface area contributed by atoms with Gasteiger partial charge in [-0.3, -0.25) is 4.79 Å². The van der Waals surface area contributed by atoms with Crippen molar-refractivity contribution in [2.75, 3.05) is 13.2 Å². The fourth-order valence-electron chi connectivity index (χ4n) is 1.59. The Balaban J connectivity index is 2.22. The summed E-state index contributed by atoms with van der Waals surface area (Å²) in [5, 5.41) is 0. The van der Waals surface area contributed by atoms with Gasteiger partial charge in [-0.2, -0.15) is 0 Å². The number of rotatable bonds is 0. The molecule has 0 aromatic carbocycles. The summed E-state index contributed by atoms with van der Waals surface area (Å²) < 4.78 is 10.3. The summed E-state index contributed by atoms with van der Waals surface area (Å²) in [4.78, 5) is 10.8. The number of hydrogen-bond acceptors (Lipinski definition) is 3. The third kappa shape index (κ3) is 0.669. The Morgan fingerprint density at radius 2 is 2.50 bits per heavy atom. The minimum Gasteiger partial charge on any atom is -0.456 e. The summed E-state index contributed by atoms with van der Waals surface area (Å²) in [6, 6.07) is 0. The maximum absolute atomic E-state index is 10.8. The van der Waals surface area contributed by atoms with Crippen LogP contribution in [0.3, 0.4) is 0 Å². The SMILES string of the molecule is C[C@]12COC[C@H]1CC(=O)O2. The van der Waals surface area contributed by atoms with E-state index in [-0.39, 0.29) is 11.6 Å². The molecule has 0 unspecified atom stereocenters. The number of carbonyl (C=O) groups is 1. The average Bonchev–Trinajstić information content (AvgIpc) is 2.20. The van der Waals surface area contributed by atoms with Crippen molar-refractivity contribution in [2.24, 2.45) is 5.92 Å². The highest BCUT2D eigenvalue weighted by atomic mass is 16.6. The van der Waals surface area contributed by atoms with E-state index in [0.29, 0.717) is 25.6 Å². The lowest BCUT2D eigenvalue weighted by molar-refractivity contribution is -0.148. The Morgan fingerprint density at radius 3 is 3.20 bits per heavy atom. The lowest BCUT2D eigenvalue weighted by atomic mass is 9.93. The molecule has 0 bridgehead atoms. The number of carbonyl (C=O) groups excluding carboxylic acids is 1. The molecule has 0 aromatic heterocycles. The van der Waals surface area contributed by atoms with Crippen molar-refractivity contribution in [3.63, 3.8) is 0 Å². The second-order valence-corrected chi connectivity index (χ2v) is 3.20. The second kappa shape index (κ2) is 1.72. The van der Waals surface area contributed by atoms with Crippen molar-refractivity contribution >= 4 is 5.97 Å². The van der Waals surface area contributed by atoms with Crippen molar-refractivity contribution in [1.82, 2.24) is 0 Å². The average molecular weight is 142 g/mol. The fourth-order valence-corrected chi connectivity index (χ4v) is 1.59. The molecule has 0 aromatic rings. The van der Waals surface area contributed by atoms with E-state index in [1.54, 1.807) is 0 Å². The molecule has 56 valence electrons. The van der Waals surface area contributed by atoms with Crippen molar-refractivity contribution in [3.05, 3.63) is 0 Å². The van der Waals surface area contributed by atoms with E-state index in [4.69, 9.17) is 9.47 Å². The molecule has 2 heterocycles. The van der Waals surface area contributed by atoms with E-state index >= 15 is 0 Å². The molecular formula is C7H10O3. The van der Waals surface area contributed by atoms with Crippen LogP contribution >= 0.6 is 0 Å². The van der Waals surface area contributed by atoms with Gasteiger partial charge in [0, 0.05) is 5.92 Å². The Morgan fingerprint density at radius 1 is 1.70 bits per heavy atom. The Bertz CT molecular complexity index is 178. The zero-order valence-electron chi connectivity index (χ0n) is 5.92. The summed E-state index contributed by atoms with van der Waals surface area (Å²) in [6.45, 7) is 3.20. The highest BCUT2D eigenvalue weighted by Gasteiger charge is 2.49. The maximum Gasteiger partial charge on any atom is 0.306 e. The molecule has 0 amide bonds. The van der Waals surface area contributed by atoms with Gasteiger partial charge in [-0.25, -0.2) is 0 Å². The van der Waals surface area contributed by atoms with E-state index in [2.05, 4.69) is 0 Å². The highest BCUT2D eigenvalue weighted by Crippen LogP contribution is 2.37. The largest absolute Gasteiger partial charge is 0.456 e. The third-order valence-corrected chi connectivity index (χ3v) is 2.33. The Kier molecular flexibility index (Phi) is 1.06. The smallest absolute Gasteiger partial charge is 0.306 e. The first kappa shape index (κ1) is 6.16. The minimum atomic E-state index is -0.295. The summed E-state index contributed by atoms with van der Waals surface area (Å²) in [5.41, 5.74) is -0.295. The van der Waals surface area contributed by atoms with Gasteiger partial charge in [0.2, 0.25) is 0 Å². The van der Waals surface area contributed by atoms with E-state index in [9.17, 15) is 4.79 Å². The molecule has 0 aliphatic carbocycles. The lowest BCUT2D eigenvalue weighted by Crippen LogP contribution is -2.30. The van der Waals surface area contributed by atoms with Crippen LogP contribution in [0.15, 0.2) is 0 Å². The van der Waals surface area contributed by atoms with Crippen LogP contribution in [0, 0.1) is 5.92 Å². The molecule has 0 radical (unpaired) electrons. The monoisotopic (exact) mass is 142 g/mol. The van der Waals surface area contributed by atoms with E-state index in [0.717, 1.165) is 0 Å². The molecule has 2 saturated heterocycles. The summed E-state index contributed by atoms with van der Waals surface area (Å²) in [7, 11) is 0. The van der Waals surface area contributed by atoms with Crippen LogP contribution in [-0.4, -0.2) is 24.8 Å². The van der Waals surface area contributed by atoms with Crippen LogP contribution in [0.4, 0.5) is 0 Å². The second-order valence-electron chi connectivity index (χ2n) is 3.20. The molecule has 0 spiro atoms. The number of ether oxygens (including phenoxy) is 2. The summed E-state index contributed by atoms with van der Waals surface area (Å²) in [6.07, 6.45) is 0.538. The molecule has 2 fully saturated rings. The van der Waals surface area contributed by atoms with Gasteiger partial charge in [-0.15, -0.1) is 0 Å². The van der Waals surface area contributed by atoms with Crippen LogP contribution in [0.2, 0.25) is 0 Å². The molecule has 2 aliphatic rings. The molecule has 3 heteroatoms. The predicted molar refractivity (Wildman–Crippen MR) is 33.4 cm³/mol. The number of esters is 1. The van der Waals surface area contributed by atoms with Crippen LogP contribution in [-0.2, 0) is 14.3 Å². The molecule has 2 rings (SSSR count). The topological polar surface area (TPSA) is 35.5 Å².